The highest BCUT2D eigenvalue weighted by Crippen LogP contribution is 2.52. The van der Waals surface area contributed by atoms with Gasteiger partial charge in [0, 0.05) is 29.8 Å². The molecule has 0 saturated heterocycles. The van der Waals surface area contributed by atoms with E-state index in [0.29, 0.717) is 24.2 Å². The lowest BCUT2D eigenvalue weighted by molar-refractivity contribution is 0.0118. The summed E-state index contributed by atoms with van der Waals surface area (Å²) in [5.74, 6) is 1.27. The average molecular weight is 395 g/mol. The van der Waals surface area contributed by atoms with E-state index in [4.69, 9.17) is 9.47 Å². The van der Waals surface area contributed by atoms with Gasteiger partial charge >= 0.3 is 0 Å². The molecule has 3 unspecified atom stereocenters. The summed E-state index contributed by atoms with van der Waals surface area (Å²) in [6, 6.07) is 9.66. The zero-order valence-electron chi connectivity index (χ0n) is 17.5. The molecule has 154 valence electrons. The van der Waals surface area contributed by atoms with Gasteiger partial charge in [-0.05, 0) is 69.2 Å². The molecule has 2 aromatic rings. The fraction of sp³-hybridized carbons (Fsp3) is 0.500. The topological polar surface area (TPSA) is 60.5 Å². The number of nitrogens with one attached hydrogen (secondary N) is 1. The van der Waals surface area contributed by atoms with Crippen molar-refractivity contribution in [3.05, 3.63) is 53.3 Å². The maximum Gasteiger partial charge on any atom is 0.255 e. The maximum atomic E-state index is 12.8. The van der Waals surface area contributed by atoms with Crippen LogP contribution in [0.1, 0.15) is 60.6 Å². The van der Waals surface area contributed by atoms with E-state index in [2.05, 4.69) is 23.3 Å². The molecule has 1 N–H and O–H groups in total. The number of anilines is 1. The summed E-state index contributed by atoms with van der Waals surface area (Å²) in [5.41, 5.74) is 3.51. The summed E-state index contributed by atoms with van der Waals surface area (Å²) in [7, 11) is 1.82. The summed E-state index contributed by atoms with van der Waals surface area (Å²) in [6.45, 7) is 4.85. The number of aryl methyl sites for hydroxylation is 1. The Morgan fingerprint density at radius 3 is 2.97 bits per heavy atom. The van der Waals surface area contributed by atoms with Gasteiger partial charge in [-0.3, -0.25) is 9.78 Å². The molecule has 1 aromatic carbocycles. The van der Waals surface area contributed by atoms with Crippen LogP contribution in [0.2, 0.25) is 0 Å². The van der Waals surface area contributed by atoms with Gasteiger partial charge in [0.1, 0.15) is 5.75 Å². The zero-order chi connectivity index (χ0) is 20.4. The van der Waals surface area contributed by atoms with Gasteiger partial charge in [-0.2, -0.15) is 0 Å². The number of hydrogen-bond donors (Lipinski definition) is 1. The predicted molar refractivity (Wildman–Crippen MR) is 114 cm³/mol. The standard InChI is InChI=1S/C24H30N2O3/c1-4-24-11-9-19(28-3)15-18(24)10-13-29-22-14-17(7-8-20(22)24)23(27)26-21-6-5-12-25-16(21)2/h5-8,12,14,18-19H,4,9-11,13,15H2,1-3H3,(H,26,27). The summed E-state index contributed by atoms with van der Waals surface area (Å²) in [6.07, 6.45) is 7.42. The lowest BCUT2D eigenvalue weighted by Crippen LogP contribution is -2.42. The fourth-order valence-corrected chi connectivity index (χ4v) is 5.22. The molecule has 1 aliphatic heterocycles. The SMILES string of the molecule is CCC12CCC(OC)CC1CCOc1cc(C(=O)Nc3cccnc3C)ccc12. The smallest absolute Gasteiger partial charge is 0.255 e. The van der Waals surface area contributed by atoms with Gasteiger partial charge in [0.25, 0.3) is 5.91 Å². The minimum absolute atomic E-state index is 0.107. The van der Waals surface area contributed by atoms with Gasteiger partial charge in [0.05, 0.1) is 24.1 Å². The Labute approximate surface area is 172 Å². The summed E-state index contributed by atoms with van der Waals surface area (Å²) < 4.78 is 11.8. The molecule has 2 heterocycles. The molecule has 1 fully saturated rings. The van der Waals surface area contributed by atoms with Crippen LogP contribution in [-0.4, -0.2) is 30.7 Å². The Kier molecular flexibility index (Phi) is 5.59. The number of aromatic nitrogens is 1. The molecule has 1 saturated carbocycles. The molecular weight excluding hydrogens is 364 g/mol. The van der Waals surface area contributed by atoms with Crippen molar-refractivity contribution in [2.24, 2.45) is 5.92 Å². The number of hydrogen-bond acceptors (Lipinski definition) is 4. The Hall–Kier alpha value is -2.40. The van der Waals surface area contributed by atoms with Crippen molar-refractivity contribution in [1.82, 2.24) is 4.98 Å². The second-order valence-electron chi connectivity index (χ2n) is 8.28. The molecule has 0 spiro atoms. The first-order valence-corrected chi connectivity index (χ1v) is 10.6. The van der Waals surface area contributed by atoms with Gasteiger partial charge in [-0.15, -0.1) is 0 Å². The van der Waals surface area contributed by atoms with Gasteiger partial charge in [-0.1, -0.05) is 13.0 Å². The number of ether oxygens (including phenoxy) is 2. The van der Waals surface area contributed by atoms with Crippen molar-refractivity contribution in [2.45, 2.75) is 57.5 Å². The molecule has 29 heavy (non-hydrogen) atoms. The molecule has 2 aliphatic rings. The summed E-state index contributed by atoms with van der Waals surface area (Å²) >= 11 is 0. The summed E-state index contributed by atoms with van der Waals surface area (Å²) in [5, 5.41) is 2.97. The van der Waals surface area contributed by atoms with Crippen molar-refractivity contribution < 1.29 is 14.3 Å². The Bertz CT molecular complexity index is 897. The van der Waals surface area contributed by atoms with Crippen LogP contribution >= 0.6 is 0 Å². The molecule has 1 aromatic heterocycles. The van der Waals surface area contributed by atoms with Crippen molar-refractivity contribution >= 4 is 11.6 Å². The van der Waals surface area contributed by atoms with E-state index < -0.39 is 0 Å². The molecule has 5 nitrogen and oxygen atoms in total. The third kappa shape index (κ3) is 3.64. The minimum Gasteiger partial charge on any atom is -0.493 e. The lowest BCUT2D eigenvalue weighted by atomic mass is 9.59. The van der Waals surface area contributed by atoms with Crippen LogP contribution in [0.5, 0.6) is 5.75 Å². The van der Waals surface area contributed by atoms with Gasteiger partial charge in [-0.25, -0.2) is 0 Å². The lowest BCUT2D eigenvalue weighted by Gasteiger charge is -2.45. The van der Waals surface area contributed by atoms with Gasteiger partial charge in [0.15, 0.2) is 0 Å². The highest BCUT2D eigenvalue weighted by atomic mass is 16.5. The highest BCUT2D eigenvalue weighted by molar-refractivity contribution is 6.04. The Morgan fingerprint density at radius 1 is 1.34 bits per heavy atom. The number of benzene rings is 1. The largest absolute Gasteiger partial charge is 0.493 e. The Balaban J connectivity index is 1.64. The number of fused-ring (bicyclic) bond motifs is 3. The van der Waals surface area contributed by atoms with Crippen LogP contribution in [0.4, 0.5) is 5.69 Å². The van der Waals surface area contributed by atoms with Crippen LogP contribution in [-0.2, 0) is 10.2 Å². The van der Waals surface area contributed by atoms with Crippen molar-refractivity contribution in [2.75, 3.05) is 19.0 Å². The van der Waals surface area contributed by atoms with Crippen molar-refractivity contribution in [3.63, 3.8) is 0 Å². The monoisotopic (exact) mass is 394 g/mol. The normalized spacial score (nSPS) is 25.9. The first kappa shape index (κ1) is 19.9. The van der Waals surface area contributed by atoms with E-state index in [9.17, 15) is 4.79 Å². The van der Waals surface area contributed by atoms with E-state index in [-0.39, 0.29) is 11.3 Å². The van der Waals surface area contributed by atoms with Gasteiger partial charge < -0.3 is 14.8 Å². The third-order valence-corrected chi connectivity index (χ3v) is 6.96. The zero-order valence-corrected chi connectivity index (χ0v) is 17.5. The van der Waals surface area contributed by atoms with Crippen LogP contribution in [0.25, 0.3) is 0 Å². The second kappa shape index (κ2) is 8.15. The number of methoxy groups -OCH3 is 1. The molecule has 1 aliphatic carbocycles. The predicted octanol–water partition coefficient (Wildman–Crippen LogP) is 4.89. The third-order valence-electron chi connectivity index (χ3n) is 6.96. The molecule has 4 rings (SSSR count). The number of carbonyl (C=O) groups excluding carboxylic acids is 1. The molecule has 0 radical (unpaired) electrons. The number of pyridine rings is 1. The minimum atomic E-state index is -0.137. The molecule has 3 atom stereocenters. The van der Waals surface area contributed by atoms with Crippen molar-refractivity contribution in [3.8, 4) is 5.75 Å². The highest BCUT2D eigenvalue weighted by Gasteiger charge is 2.46. The van der Waals surface area contributed by atoms with E-state index in [0.717, 1.165) is 49.2 Å². The van der Waals surface area contributed by atoms with Crippen LogP contribution < -0.4 is 10.1 Å². The van der Waals surface area contributed by atoms with E-state index in [1.165, 1.54) is 5.56 Å². The van der Waals surface area contributed by atoms with Crippen LogP contribution in [0, 0.1) is 12.8 Å². The Morgan fingerprint density at radius 2 is 2.21 bits per heavy atom. The van der Waals surface area contributed by atoms with E-state index in [1.54, 1.807) is 6.20 Å². The first-order valence-electron chi connectivity index (χ1n) is 10.6. The molecule has 5 heteroatoms. The average Bonchev–Trinajstić information content (AvgIpc) is 2.91. The number of amides is 1. The maximum absolute atomic E-state index is 12.8. The molecule has 0 bridgehead atoms. The molecule has 1 amide bonds. The molecular formula is C24H30N2O3. The van der Waals surface area contributed by atoms with E-state index >= 15 is 0 Å². The first-order chi connectivity index (χ1) is 14.1. The summed E-state index contributed by atoms with van der Waals surface area (Å²) in [4.78, 5) is 17.1. The van der Waals surface area contributed by atoms with Crippen molar-refractivity contribution in [1.29, 1.82) is 0 Å². The fourth-order valence-electron chi connectivity index (χ4n) is 5.22. The quantitative estimate of drug-likeness (QED) is 0.802. The number of rotatable bonds is 4. The van der Waals surface area contributed by atoms with Crippen LogP contribution in [0.3, 0.4) is 0 Å². The van der Waals surface area contributed by atoms with Gasteiger partial charge in [0.2, 0.25) is 0 Å². The number of nitrogens with zero attached hydrogens (tertiary/aromatic N) is 1. The van der Waals surface area contributed by atoms with E-state index in [1.807, 2.05) is 38.3 Å². The van der Waals surface area contributed by atoms with Crippen LogP contribution in [0.15, 0.2) is 36.5 Å². The number of carbonyl (C=O) groups is 1. The second-order valence-corrected chi connectivity index (χ2v) is 8.28.